The second-order valence-corrected chi connectivity index (χ2v) is 3.98. The molecule has 8 heteroatoms. The number of hydrogen-bond acceptors (Lipinski definition) is 5. The number of nitrogens with zero attached hydrogens (tertiary/aromatic N) is 1. The van der Waals surface area contributed by atoms with Gasteiger partial charge in [-0.2, -0.15) is 0 Å². The van der Waals surface area contributed by atoms with Gasteiger partial charge in [0.2, 0.25) is 5.82 Å². The van der Waals surface area contributed by atoms with E-state index in [2.05, 4.69) is 15.5 Å². The zero-order valence-electron chi connectivity index (χ0n) is 8.90. The number of nitrogens with one attached hydrogen (secondary N) is 3. The average Bonchev–Trinajstić information content (AvgIpc) is 2.70. The van der Waals surface area contributed by atoms with Crippen LogP contribution in [0.2, 0.25) is 0 Å². The van der Waals surface area contributed by atoms with Crippen LogP contribution in [0.15, 0.2) is 9.59 Å². The van der Waals surface area contributed by atoms with Crippen molar-refractivity contribution in [3.63, 3.8) is 0 Å². The number of carboxylic acids is 1. The summed E-state index contributed by atoms with van der Waals surface area (Å²) in [5.74, 6) is -1.47. The van der Waals surface area contributed by atoms with Crippen molar-refractivity contribution in [2.75, 3.05) is 5.32 Å². The van der Waals surface area contributed by atoms with E-state index >= 15 is 0 Å². The van der Waals surface area contributed by atoms with Gasteiger partial charge in [-0.05, 0) is 12.8 Å². The molecule has 17 heavy (non-hydrogen) atoms. The minimum atomic E-state index is -0.888. The van der Waals surface area contributed by atoms with Gasteiger partial charge in [0.25, 0.3) is 5.56 Å². The lowest BCUT2D eigenvalue weighted by Gasteiger charge is -2.16. The summed E-state index contributed by atoms with van der Waals surface area (Å²) in [5, 5.41) is 17.4. The second kappa shape index (κ2) is 4.40. The summed E-state index contributed by atoms with van der Waals surface area (Å²) in [6.45, 7) is 0. The van der Waals surface area contributed by atoms with Crippen LogP contribution in [0.3, 0.4) is 0 Å². The van der Waals surface area contributed by atoms with Crippen molar-refractivity contribution in [1.29, 1.82) is 0 Å². The molecule has 1 aromatic rings. The molecular formula is C9H12N4O4. The number of anilines is 1. The first-order valence-corrected chi connectivity index (χ1v) is 5.26. The van der Waals surface area contributed by atoms with Crippen LogP contribution in [-0.4, -0.2) is 32.3 Å². The maximum Gasteiger partial charge on any atom is 0.342 e. The number of H-pyrrole nitrogens is 2. The highest BCUT2D eigenvalue weighted by Gasteiger charge is 2.33. The molecule has 4 N–H and O–H groups in total. The summed E-state index contributed by atoms with van der Waals surface area (Å²) >= 11 is 0. The molecule has 1 fully saturated rings. The van der Waals surface area contributed by atoms with Crippen molar-refractivity contribution >= 4 is 11.8 Å². The standard InChI is InChI=1S/C9H12N4O4/c14-7-6(12-13-9(17)11-7)10-5-3-1-2-4(5)8(15)16/h4-5H,1-3H2,(H,10,12)(H,15,16)(H2,11,13,14,17). The third kappa shape index (κ3) is 2.35. The Bertz CT molecular complexity index is 534. The van der Waals surface area contributed by atoms with Gasteiger partial charge in [0.1, 0.15) is 0 Å². The van der Waals surface area contributed by atoms with Crippen molar-refractivity contribution in [2.24, 2.45) is 5.92 Å². The Morgan fingerprint density at radius 2 is 2.18 bits per heavy atom. The first kappa shape index (κ1) is 11.4. The van der Waals surface area contributed by atoms with Gasteiger partial charge in [-0.1, -0.05) is 6.42 Å². The number of aromatic nitrogens is 3. The van der Waals surface area contributed by atoms with E-state index in [1.807, 2.05) is 4.98 Å². The number of aliphatic carboxylic acids is 1. The van der Waals surface area contributed by atoms with Gasteiger partial charge in [0, 0.05) is 6.04 Å². The average molecular weight is 240 g/mol. The molecule has 0 aromatic carbocycles. The Balaban J connectivity index is 2.18. The lowest BCUT2D eigenvalue weighted by molar-refractivity contribution is -0.141. The molecule has 92 valence electrons. The van der Waals surface area contributed by atoms with E-state index in [4.69, 9.17) is 5.11 Å². The van der Waals surface area contributed by atoms with Crippen LogP contribution < -0.4 is 16.6 Å². The van der Waals surface area contributed by atoms with Crippen LogP contribution in [-0.2, 0) is 4.79 Å². The second-order valence-electron chi connectivity index (χ2n) is 3.98. The predicted octanol–water partition coefficient (Wildman–Crippen LogP) is -0.877. The summed E-state index contributed by atoms with van der Waals surface area (Å²) < 4.78 is 0. The van der Waals surface area contributed by atoms with Crippen LogP contribution in [0.4, 0.5) is 5.82 Å². The Morgan fingerprint density at radius 3 is 2.82 bits per heavy atom. The molecule has 0 aliphatic heterocycles. The Morgan fingerprint density at radius 1 is 1.41 bits per heavy atom. The fourth-order valence-corrected chi connectivity index (χ4v) is 2.05. The maximum atomic E-state index is 11.4. The first-order chi connectivity index (χ1) is 8.08. The molecule has 0 radical (unpaired) electrons. The number of hydrogen-bond donors (Lipinski definition) is 4. The molecule has 0 saturated heterocycles. The van der Waals surface area contributed by atoms with Gasteiger partial charge in [-0.3, -0.25) is 14.6 Å². The Hall–Kier alpha value is -2.12. The van der Waals surface area contributed by atoms with Gasteiger partial charge >= 0.3 is 11.7 Å². The van der Waals surface area contributed by atoms with Gasteiger partial charge in [0.15, 0.2) is 0 Å². The number of carbonyl (C=O) groups is 1. The fourth-order valence-electron chi connectivity index (χ4n) is 2.05. The third-order valence-corrected chi connectivity index (χ3v) is 2.87. The minimum absolute atomic E-state index is 0.0530. The quantitative estimate of drug-likeness (QED) is 0.543. The van der Waals surface area contributed by atoms with Crippen molar-refractivity contribution in [2.45, 2.75) is 25.3 Å². The topological polar surface area (TPSA) is 128 Å². The smallest absolute Gasteiger partial charge is 0.342 e. The van der Waals surface area contributed by atoms with E-state index in [-0.39, 0.29) is 11.9 Å². The van der Waals surface area contributed by atoms with Crippen LogP contribution in [0.5, 0.6) is 0 Å². The van der Waals surface area contributed by atoms with Gasteiger partial charge < -0.3 is 10.4 Å². The van der Waals surface area contributed by atoms with Crippen LogP contribution in [0.1, 0.15) is 19.3 Å². The van der Waals surface area contributed by atoms with E-state index in [0.717, 1.165) is 6.42 Å². The Kier molecular flexibility index (Phi) is 2.94. The molecule has 0 bridgehead atoms. The SMILES string of the molecule is O=C(O)C1CCCC1Nc1n[nH]c(=O)[nH]c1=O. The van der Waals surface area contributed by atoms with Gasteiger partial charge in [0.05, 0.1) is 5.92 Å². The molecule has 2 atom stereocenters. The van der Waals surface area contributed by atoms with Crippen LogP contribution in [0, 0.1) is 5.92 Å². The molecule has 0 amide bonds. The highest BCUT2D eigenvalue weighted by molar-refractivity contribution is 5.72. The maximum absolute atomic E-state index is 11.4. The normalized spacial score (nSPS) is 23.5. The summed E-state index contributed by atoms with van der Waals surface area (Å²) in [4.78, 5) is 35.1. The van der Waals surface area contributed by atoms with Crippen LogP contribution in [0.25, 0.3) is 0 Å². The largest absolute Gasteiger partial charge is 0.481 e. The molecule has 2 unspecified atom stereocenters. The van der Waals surface area contributed by atoms with Gasteiger partial charge in [-0.25, -0.2) is 9.89 Å². The summed E-state index contributed by atoms with van der Waals surface area (Å²) in [6.07, 6.45) is 2.03. The van der Waals surface area contributed by atoms with E-state index < -0.39 is 23.1 Å². The molecule has 1 saturated carbocycles. The molecule has 0 spiro atoms. The summed E-state index contributed by atoms with van der Waals surface area (Å²) in [6, 6.07) is -0.327. The fraction of sp³-hybridized carbons (Fsp3) is 0.556. The zero-order valence-corrected chi connectivity index (χ0v) is 8.90. The molecule has 8 nitrogen and oxygen atoms in total. The van der Waals surface area contributed by atoms with E-state index in [9.17, 15) is 14.4 Å². The lowest BCUT2D eigenvalue weighted by atomic mass is 10.0. The molecule has 1 aliphatic rings. The van der Waals surface area contributed by atoms with Crippen molar-refractivity contribution in [3.8, 4) is 0 Å². The van der Waals surface area contributed by atoms with E-state index in [1.54, 1.807) is 0 Å². The summed E-state index contributed by atoms with van der Waals surface area (Å²) in [7, 11) is 0. The highest BCUT2D eigenvalue weighted by Crippen LogP contribution is 2.27. The summed E-state index contributed by atoms with van der Waals surface area (Å²) in [5.41, 5.74) is -1.34. The highest BCUT2D eigenvalue weighted by atomic mass is 16.4. The number of rotatable bonds is 3. The molecule has 2 rings (SSSR count). The predicted molar refractivity (Wildman–Crippen MR) is 57.9 cm³/mol. The molecule has 1 aliphatic carbocycles. The zero-order chi connectivity index (χ0) is 12.4. The monoisotopic (exact) mass is 240 g/mol. The molecule has 1 aromatic heterocycles. The lowest BCUT2D eigenvalue weighted by Crippen LogP contribution is -2.34. The van der Waals surface area contributed by atoms with Crippen molar-refractivity contribution < 1.29 is 9.90 Å². The molecule has 1 heterocycles. The number of carboxylic acid groups (broad SMARTS) is 1. The Labute approximate surface area is 95.1 Å². The molecular weight excluding hydrogens is 228 g/mol. The van der Waals surface area contributed by atoms with Crippen molar-refractivity contribution in [3.05, 3.63) is 20.8 Å². The van der Waals surface area contributed by atoms with Crippen LogP contribution >= 0.6 is 0 Å². The van der Waals surface area contributed by atoms with Crippen molar-refractivity contribution in [1.82, 2.24) is 15.2 Å². The minimum Gasteiger partial charge on any atom is -0.481 e. The van der Waals surface area contributed by atoms with Gasteiger partial charge in [-0.15, -0.1) is 5.10 Å². The third-order valence-electron chi connectivity index (χ3n) is 2.87. The van der Waals surface area contributed by atoms with E-state index in [0.29, 0.717) is 12.8 Å². The van der Waals surface area contributed by atoms with E-state index in [1.165, 1.54) is 0 Å². The number of aromatic amines is 2. The first-order valence-electron chi connectivity index (χ1n) is 5.26.